The number of ketones is 1. The first-order chi connectivity index (χ1) is 11.0. The standard InChI is InChI=1S/C14H17ClN2O.C4H6O/c1-9-6-12-8-13(7-9)17(12)14(18)16-11-4-2-10(15)3-5-11;5-4-2-1-3-4/h2-5,9,12-13H,6-8H2,1H3,(H,16,18);1-3H2/t9?,12-,13?;/m1./s1. The van der Waals surface area contributed by atoms with Gasteiger partial charge in [-0.25, -0.2) is 4.79 Å². The summed E-state index contributed by atoms with van der Waals surface area (Å²) in [5.74, 6) is 1.19. The van der Waals surface area contributed by atoms with Gasteiger partial charge in [-0.15, -0.1) is 0 Å². The number of hydrogen-bond acceptors (Lipinski definition) is 2. The van der Waals surface area contributed by atoms with Gasteiger partial charge in [-0.3, -0.25) is 4.79 Å². The molecule has 2 aliphatic heterocycles. The topological polar surface area (TPSA) is 49.4 Å². The number of carbonyl (C=O) groups excluding carboxylic acids is 2. The molecule has 2 bridgehead atoms. The van der Waals surface area contributed by atoms with Gasteiger partial charge in [0, 0.05) is 35.6 Å². The fourth-order valence-electron chi connectivity index (χ4n) is 3.52. The average Bonchev–Trinajstić information content (AvgIpc) is 2.47. The van der Waals surface area contributed by atoms with E-state index in [4.69, 9.17) is 11.6 Å². The molecule has 2 unspecified atom stereocenters. The average molecular weight is 335 g/mol. The molecule has 2 aliphatic carbocycles. The molecule has 2 saturated heterocycles. The van der Waals surface area contributed by atoms with Crippen LogP contribution in [0.4, 0.5) is 10.5 Å². The number of amides is 2. The molecular formula is C18H23ClN2O2. The quantitative estimate of drug-likeness (QED) is 0.823. The minimum Gasteiger partial charge on any atom is -0.318 e. The zero-order valence-electron chi connectivity index (χ0n) is 13.4. The normalized spacial score (nSPS) is 28.0. The molecule has 0 spiro atoms. The van der Waals surface area contributed by atoms with Crippen LogP contribution < -0.4 is 5.32 Å². The van der Waals surface area contributed by atoms with Crippen LogP contribution in [0.1, 0.15) is 45.4 Å². The van der Waals surface area contributed by atoms with Crippen molar-refractivity contribution in [3.8, 4) is 0 Å². The third-order valence-electron chi connectivity index (χ3n) is 4.92. The maximum Gasteiger partial charge on any atom is 0.322 e. The number of carbonyl (C=O) groups is 2. The van der Waals surface area contributed by atoms with Crippen molar-refractivity contribution >= 4 is 29.1 Å². The zero-order valence-corrected chi connectivity index (χ0v) is 14.2. The summed E-state index contributed by atoms with van der Waals surface area (Å²) >= 11 is 5.82. The minimum absolute atomic E-state index is 0.0328. The van der Waals surface area contributed by atoms with Crippen molar-refractivity contribution in [2.24, 2.45) is 5.92 Å². The molecule has 4 fully saturated rings. The van der Waals surface area contributed by atoms with Crippen LogP contribution >= 0.6 is 11.6 Å². The van der Waals surface area contributed by atoms with Gasteiger partial charge in [0.15, 0.2) is 0 Å². The Bertz CT molecular complexity index is 569. The molecule has 2 heterocycles. The Balaban J connectivity index is 0.000000267. The Hall–Kier alpha value is -1.55. The van der Waals surface area contributed by atoms with Crippen molar-refractivity contribution in [2.75, 3.05) is 5.32 Å². The number of urea groups is 1. The lowest BCUT2D eigenvalue weighted by Gasteiger charge is -2.54. The fourth-order valence-corrected chi connectivity index (χ4v) is 3.65. The second kappa shape index (κ2) is 6.91. The van der Waals surface area contributed by atoms with E-state index < -0.39 is 0 Å². The number of anilines is 1. The second-order valence-corrected chi connectivity index (χ2v) is 7.29. The molecular weight excluding hydrogens is 312 g/mol. The molecule has 1 aromatic rings. The highest BCUT2D eigenvalue weighted by Gasteiger charge is 2.46. The number of hydrogen-bond donors (Lipinski definition) is 1. The summed E-state index contributed by atoms with van der Waals surface area (Å²) in [5, 5.41) is 3.63. The third kappa shape index (κ3) is 3.86. The number of piperidine rings is 1. The van der Waals surface area contributed by atoms with Gasteiger partial charge in [0.25, 0.3) is 0 Å². The molecule has 3 atom stereocenters. The molecule has 4 aliphatic rings. The summed E-state index contributed by atoms with van der Waals surface area (Å²) < 4.78 is 0. The maximum absolute atomic E-state index is 12.2. The van der Waals surface area contributed by atoms with E-state index in [0.29, 0.717) is 22.9 Å². The van der Waals surface area contributed by atoms with Crippen molar-refractivity contribution in [1.29, 1.82) is 0 Å². The van der Waals surface area contributed by atoms with Gasteiger partial charge in [-0.05, 0) is 55.9 Å². The Labute approximate surface area is 142 Å². The first-order valence-corrected chi connectivity index (χ1v) is 8.77. The molecule has 0 aromatic heterocycles. The smallest absolute Gasteiger partial charge is 0.318 e. The fraction of sp³-hybridized carbons (Fsp3) is 0.556. The van der Waals surface area contributed by atoms with Gasteiger partial charge < -0.3 is 10.2 Å². The third-order valence-corrected chi connectivity index (χ3v) is 5.17. The van der Waals surface area contributed by atoms with Gasteiger partial charge in [-0.1, -0.05) is 18.5 Å². The molecule has 2 amide bonds. The van der Waals surface area contributed by atoms with Crippen LogP contribution in [0.15, 0.2) is 24.3 Å². The van der Waals surface area contributed by atoms with E-state index in [-0.39, 0.29) is 6.03 Å². The van der Waals surface area contributed by atoms with Crippen molar-refractivity contribution < 1.29 is 9.59 Å². The summed E-state index contributed by atoms with van der Waals surface area (Å²) in [6.07, 6.45) is 6.30. The van der Waals surface area contributed by atoms with Crippen LogP contribution in [0, 0.1) is 5.92 Å². The Morgan fingerprint density at radius 3 is 2.17 bits per heavy atom. The SMILES string of the molecule is CC1CC2C[C@@H](C1)N2C(=O)Nc1ccc(Cl)cc1.O=C1CCC1. The summed E-state index contributed by atoms with van der Waals surface area (Å²) in [5.41, 5.74) is 0.808. The summed E-state index contributed by atoms with van der Waals surface area (Å²) in [6.45, 7) is 2.27. The van der Waals surface area contributed by atoms with Gasteiger partial charge in [-0.2, -0.15) is 0 Å². The molecule has 5 rings (SSSR count). The molecule has 2 saturated carbocycles. The van der Waals surface area contributed by atoms with E-state index in [1.54, 1.807) is 12.1 Å². The lowest BCUT2D eigenvalue weighted by molar-refractivity contribution is -0.123. The monoisotopic (exact) mass is 334 g/mol. The molecule has 5 heteroatoms. The number of benzene rings is 1. The number of rotatable bonds is 1. The van der Waals surface area contributed by atoms with Crippen LogP contribution in [-0.2, 0) is 4.79 Å². The highest BCUT2D eigenvalue weighted by atomic mass is 35.5. The van der Waals surface area contributed by atoms with Crippen LogP contribution in [-0.4, -0.2) is 28.8 Å². The van der Waals surface area contributed by atoms with Gasteiger partial charge in [0.1, 0.15) is 5.78 Å². The van der Waals surface area contributed by atoms with Crippen LogP contribution in [0.5, 0.6) is 0 Å². The highest BCUT2D eigenvalue weighted by Crippen LogP contribution is 2.41. The van der Waals surface area contributed by atoms with Gasteiger partial charge >= 0.3 is 6.03 Å². The first-order valence-electron chi connectivity index (χ1n) is 8.39. The molecule has 0 radical (unpaired) electrons. The number of fused-ring (bicyclic) bond motifs is 2. The molecule has 1 aromatic carbocycles. The number of nitrogens with one attached hydrogen (secondary N) is 1. The minimum atomic E-state index is 0.0328. The zero-order chi connectivity index (χ0) is 16.4. The van der Waals surface area contributed by atoms with E-state index in [9.17, 15) is 9.59 Å². The van der Waals surface area contributed by atoms with Crippen LogP contribution in [0.2, 0.25) is 5.02 Å². The largest absolute Gasteiger partial charge is 0.322 e. The van der Waals surface area contributed by atoms with Crippen molar-refractivity contribution in [3.63, 3.8) is 0 Å². The lowest BCUT2D eigenvalue weighted by atomic mass is 9.74. The van der Waals surface area contributed by atoms with E-state index in [1.165, 1.54) is 6.42 Å². The van der Waals surface area contributed by atoms with E-state index in [1.807, 2.05) is 17.0 Å². The van der Waals surface area contributed by atoms with E-state index in [2.05, 4.69) is 12.2 Å². The van der Waals surface area contributed by atoms with Crippen LogP contribution in [0.25, 0.3) is 0 Å². The summed E-state index contributed by atoms with van der Waals surface area (Å²) in [7, 11) is 0. The van der Waals surface area contributed by atoms with Crippen molar-refractivity contribution in [2.45, 2.75) is 57.5 Å². The van der Waals surface area contributed by atoms with Crippen molar-refractivity contribution in [1.82, 2.24) is 4.90 Å². The van der Waals surface area contributed by atoms with Gasteiger partial charge in [0.2, 0.25) is 0 Å². The van der Waals surface area contributed by atoms with E-state index >= 15 is 0 Å². The number of Topliss-reactive ketones (excluding diaryl/α,β-unsaturated/α-hetero) is 1. The lowest BCUT2D eigenvalue weighted by Crippen LogP contribution is -2.63. The number of halogens is 1. The Kier molecular flexibility index (Phi) is 4.90. The molecule has 1 N–H and O–H groups in total. The second-order valence-electron chi connectivity index (χ2n) is 6.86. The molecule has 23 heavy (non-hydrogen) atoms. The summed E-state index contributed by atoms with van der Waals surface area (Å²) in [4.78, 5) is 24.1. The van der Waals surface area contributed by atoms with Gasteiger partial charge in [0.05, 0.1) is 0 Å². The predicted octanol–water partition coefficient (Wildman–Crippen LogP) is 4.48. The predicted molar refractivity (Wildman–Crippen MR) is 91.8 cm³/mol. The number of nitrogens with zero attached hydrogens (tertiary/aromatic N) is 1. The first kappa shape index (κ1) is 16.3. The molecule has 124 valence electrons. The van der Waals surface area contributed by atoms with Crippen molar-refractivity contribution in [3.05, 3.63) is 29.3 Å². The Morgan fingerprint density at radius 1 is 1.13 bits per heavy atom. The Morgan fingerprint density at radius 2 is 1.70 bits per heavy atom. The highest BCUT2D eigenvalue weighted by molar-refractivity contribution is 6.30. The van der Waals surface area contributed by atoms with Crippen LogP contribution in [0.3, 0.4) is 0 Å². The van der Waals surface area contributed by atoms with E-state index in [0.717, 1.165) is 43.7 Å². The molecule has 4 nitrogen and oxygen atoms in total. The maximum atomic E-state index is 12.2. The summed E-state index contributed by atoms with van der Waals surface area (Å²) in [6, 6.07) is 8.17.